The van der Waals surface area contributed by atoms with Crippen LogP contribution in [0.4, 0.5) is 0 Å². The number of nitrogens with one attached hydrogen (secondary N) is 1. The van der Waals surface area contributed by atoms with Gasteiger partial charge in [-0.3, -0.25) is 11.3 Å². The number of hydrogen-bond donors (Lipinski definition) is 2. The van der Waals surface area contributed by atoms with Gasteiger partial charge in [0.05, 0.1) is 12.2 Å². The van der Waals surface area contributed by atoms with Crippen LogP contribution in [0.1, 0.15) is 30.9 Å². The van der Waals surface area contributed by atoms with Gasteiger partial charge in [-0.2, -0.15) is 0 Å². The van der Waals surface area contributed by atoms with Crippen LogP contribution in [0.5, 0.6) is 0 Å². The Morgan fingerprint density at radius 1 is 1.30 bits per heavy atom. The summed E-state index contributed by atoms with van der Waals surface area (Å²) in [5.41, 5.74) is 4.06. The highest BCUT2D eigenvalue weighted by Gasteiger charge is 2.43. The van der Waals surface area contributed by atoms with Gasteiger partial charge in [-0.25, -0.2) is 0 Å². The number of hydrazine groups is 1. The van der Waals surface area contributed by atoms with Crippen LogP contribution in [0.2, 0.25) is 5.02 Å². The molecule has 1 aromatic rings. The first-order valence-corrected chi connectivity index (χ1v) is 7.53. The first kappa shape index (κ1) is 14.3. The second-order valence-electron chi connectivity index (χ2n) is 5.78. The molecule has 2 heterocycles. The van der Waals surface area contributed by atoms with Crippen LogP contribution < -0.4 is 11.3 Å². The second kappa shape index (κ2) is 6.00. The van der Waals surface area contributed by atoms with Crippen LogP contribution in [0.25, 0.3) is 0 Å². The first-order chi connectivity index (χ1) is 9.72. The summed E-state index contributed by atoms with van der Waals surface area (Å²) in [5, 5.41) is 0.747. The summed E-state index contributed by atoms with van der Waals surface area (Å²) in [5.74, 6) is 6.26. The monoisotopic (exact) mass is 296 g/mol. The van der Waals surface area contributed by atoms with Crippen molar-refractivity contribution < 1.29 is 9.47 Å². The van der Waals surface area contributed by atoms with E-state index in [-0.39, 0.29) is 11.6 Å². The molecule has 2 aliphatic heterocycles. The number of benzene rings is 1. The van der Waals surface area contributed by atoms with Gasteiger partial charge in [0.15, 0.2) is 0 Å². The molecule has 2 aliphatic rings. The molecule has 2 saturated heterocycles. The largest absolute Gasteiger partial charge is 0.378 e. The minimum absolute atomic E-state index is 0.0928. The Balaban J connectivity index is 1.76. The Bertz CT molecular complexity index is 446. The van der Waals surface area contributed by atoms with Crippen molar-refractivity contribution in [1.82, 2.24) is 5.43 Å². The molecule has 20 heavy (non-hydrogen) atoms. The van der Waals surface area contributed by atoms with E-state index in [2.05, 4.69) is 5.43 Å². The molecule has 0 bridgehead atoms. The highest BCUT2D eigenvalue weighted by molar-refractivity contribution is 6.30. The molecule has 5 heteroatoms. The van der Waals surface area contributed by atoms with E-state index in [0.29, 0.717) is 12.5 Å². The zero-order chi connectivity index (χ0) is 14.0. The topological polar surface area (TPSA) is 56.5 Å². The molecular weight excluding hydrogens is 276 g/mol. The van der Waals surface area contributed by atoms with Crippen LogP contribution in [0.15, 0.2) is 24.3 Å². The van der Waals surface area contributed by atoms with Crippen molar-refractivity contribution in [1.29, 1.82) is 0 Å². The molecule has 1 spiro atoms. The molecule has 0 aliphatic carbocycles. The van der Waals surface area contributed by atoms with Gasteiger partial charge in [0, 0.05) is 30.7 Å². The van der Waals surface area contributed by atoms with Crippen LogP contribution in [-0.2, 0) is 9.47 Å². The zero-order valence-electron chi connectivity index (χ0n) is 11.5. The van der Waals surface area contributed by atoms with Crippen molar-refractivity contribution >= 4 is 11.6 Å². The lowest BCUT2D eigenvalue weighted by Crippen LogP contribution is -2.45. The summed E-state index contributed by atoms with van der Waals surface area (Å²) in [6, 6.07) is 8.04. The third-order valence-electron chi connectivity index (χ3n) is 4.48. The molecule has 0 radical (unpaired) electrons. The van der Waals surface area contributed by atoms with Crippen LogP contribution in [0, 0.1) is 5.92 Å². The molecule has 3 N–H and O–H groups in total. The number of nitrogens with two attached hydrogens (primary N) is 1. The van der Waals surface area contributed by atoms with Crippen molar-refractivity contribution in [3.8, 4) is 0 Å². The minimum Gasteiger partial charge on any atom is -0.378 e. The van der Waals surface area contributed by atoms with Crippen molar-refractivity contribution in [3.63, 3.8) is 0 Å². The molecule has 0 saturated carbocycles. The van der Waals surface area contributed by atoms with Gasteiger partial charge in [-0.15, -0.1) is 0 Å². The number of rotatable bonds is 3. The maximum Gasteiger partial charge on any atom is 0.0940 e. The van der Waals surface area contributed by atoms with Gasteiger partial charge in [0.2, 0.25) is 0 Å². The molecular formula is C15H21ClN2O2. The first-order valence-electron chi connectivity index (χ1n) is 7.16. The lowest BCUT2D eigenvalue weighted by atomic mass is 9.79. The molecule has 1 aromatic carbocycles. The third kappa shape index (κ3) is 2.85. The van der Waals surface area contributed by atoms with Crippen molar-refractivity contribution in [2.45, 2.75) is 30.9 Å². The summed E-state index contributed by atoms with van der Waals surface area (Å²) in [6.45, 7) is 2.29. The van der Waals surface area contributed by atoms with Gasteiger partial charge in [0.25, 0.3) is 0 Å². The lowest BCUT2D eigenvalue weighted by molar-refractivity contribution is -0.103. The summed E-state index contributed by atoms with van der Waals surface area (Å²) in [4.78, 5) is 0. The van der Waals surface area contributed by atoms with Gasteiger partial charge >= 0.3 is 0 Å². The average molecular weight is 297 g/mol. The summed E-state index contributed by atoms with van der Waals surface area (Å²) < 4.78 is 11.5. The lowest BCUT2D eigenvalue weighted by Gasteiger charge is -2.40. The Morgan fingerprint density at radius 3 is 2.75 bits per heavy atom. The maximum absolute atomic E-state index is 5.99. The Hall–Kier alpha value is -0.650. The smallest absolute Gasteiger partial charge is 0.0940 e. The Labute approximate surface area is 124 Å². The van der Waals surface area contributed by atoms with Gasteiger partial charge in [-0.1, -0.05) is 23.7 Å². The molecule has 0 aromatic heterocycles. The van der Waals surface area contributed by atoms with Crippen LogP contribution in [-0.4, -0.2) is 25.4 Å². The highest BCUT2D eigenvalue weighted by atomic mass is 35.5. The standard InChI is InChI=1S/C15H21ClN2O2/c16-13-3-1-11(2-4-13)14(18-17)12-5-7-20-15(9-12)6-8-19-10-15/h1-4,12,14,18H,5-10,17H2. The fraction of sp³-hybridized carbons (Fsp3) is 0.600. The number of halogens is 1. The van der Waals surface area contributed by atoms with Crippen LogP contribution >= 0.6 is 11.6 Å². The number of hydrogen-bond acceptors (Lipinski definition) is 4. The Morgan fingerprint density at radius 2 is 2.10 bits per heavy atom. The zero-order valence-corrected chi connectivity index (χ0v) is 12.2. The number of ether oxygens (including phenoxy) is 2. The van der Waals surface area contributed by atoms with E-state index in [0.717, 1.165) is 37.5 Å². The van der Waals surface area contributed by atoms with E-state index in [4.69, 9.17) is 26.9 Å². The average Bonchev–Trinajstić information content (AvgIpc) is 2.90. The van der Waals surface area contributed by atoms with E-state index in [1.807, 2.05) is 24.3 Å². The van der Waals surface area contributed by atoms with Gasteiger partial charge in [0.1, 0.15) is 0 Å². The molecule has 3 rings (SSSR count). The van der Waals surface area contributed by atoms with Crippen LogP contribution in [0.3, 0.4) is 0 Å². The Kier molecular flexibility index (Phi) is 4.29. The van der Waals surface area contributed by atoms with Crippen molar-refractivity contribution in [2.75, 3.05) is 19.8 Å². The van der Waals surface area contributed by atoms with Gasteiger partial charge in [-0.05, 0) is 36.5 Å². The predicted octanol–water partition coefficient (Wildman–Crippen LogP) is 2.43. The van der Waals surface area contributed by atoms with E-state index in [9.17, 15) is 0 Å². The minimum atomic E-state index is -0.0928. The fourth-order valence-corrected chi connectivity index (χ4v) is 3.51. The molecule has 3 unspecified atom stereocenters. The quantitative estimate of drug-likeness (QED) is 0.664. The predicted molar refractivity (Wildman–Crippen MR) is 78.4 cm³/mol. The fourth-order valence-electron chi connectivity index (χ4n) is 3.39. The van der Waals surface area contributed by atoms with E-state index >= 15 is 0 Å². The third-order valence-corrected chi connectivity index (χ3v) is 4.73. The van der Waals surface area contributed by atoms with E-state index in [1.54, 1.807) is 0 Å². The molecule has 2 fully saturated rings. The highest BCUT2D eigenvalue weighted by Crippen LogP contribution is 2.40. The normalized spacial score (nSPS) is 31.6. The molecule has 4 nitrogen and oxygen atoms in total. The van der Waals surface area contributed by atoms with E-state index < -0.39 is 0 Å². The molecule has 3 atom stereocenters. The summed E-state index contributed by atoms with van der Waals surface area (Å²) >= 11 is 5.96. The van der Waals surface area contributed by atoms with Crippen molar-refractivity contribution in [3.05, 3.63) is 34.9 Å². The maximum atomic E-state index is 5.99. The van der Waals surface area contributed by atoms with E-state index in [1.165, 1.54) is 5.56 Å². The van der Waals surface area contributed by atoms with Crippen molar-refractivity contribution in [2.24, 2.45) is 11.8 Å². The summed E-state index contributed by atoms with van der Waals surface area (Å²) in [7, 11) is 0. The molecule has 0 amide bonds. The second-order valence-corrected chi connectivity index (χ2v) is 6.22. The molecule has 110 valence electrons. The van der Waals surface area contributed by atoms with Gasteiger partial charge < -0.3 is 9.47 Å². The SMILES string of the molecule is NNC(c1ccc(Cl)cc1)C1CCOC2(CCOC2)C1. The summed E-state index contributed by atoms with van der Waals surface area (Å²) in [6.07, 6.45) is 2.99.